The highest BCUT2D eigenvalue weighted by molar-refractivity contribution is 5.29. The van der Waals surface area contributed by atoms with Gasteiger partial charge in [-0.1, -0.05) is 47.5 Å². The number of aliphatic hydroxyl groups excluding tert-OH is 1. The van der Waals surface area contributed by atoms with Crippen molar-refractivity contribution in [3.05, 3.63) is 17.0 Å². The molecular formula is C16H30N2O. The van der Waals surface area contributed by atoms with E-state index in [-0.39, 0.29) is 6.10 Å². The Bertz CT molecular complexity index is 380. The van der Waals surface area contributed by atoms with E-state index in [2.05, 4.69) is 32.4 Å². The average molecular weight is 266 g/mol. The van der Waals surface area contributed by atoms with Crippen LogP contribution < -0.4 is 0 Å². The van der Waals surface area contributed by atoms with Gasteiger partial charge in [0.15, 0.2) is 0 Å². The minimum absolute atomic E-state index is 0.361. The van der Waals surface area contributed by atoms with Crippen molar-refractivity contribution >= 4 is 0 Å². The Morgan fingerprint density at radius 3 is 2.05 bits per heavy atom. The van der Waals surface area contributed by atoms with Crippen LogP contribution in [-0.4, -0.2) is 14.9 Å². The van der Waals surface area contributed by atoms with Gasteiger partial charge in [0.1, 0.15) is 0 Å². The van der Waals surface area contributed by atoms with Gasteiger partial charge in [-0.25, -0.2) is 0 Å². The third-order valence-corrected chi connectivity index (χ3v) is 4.15. The molecule has 1 aromatic rings. The van der Waals surface area contributed by atoms with Gasteiger partial charge >= 0.3 is 0 Å². The van der Waals surface area contributed by atoms with E-state index in [1.165, 1.54) is 18.5 Å². The van der Waals surface area contributed by atoms with Gasteiger partial charge in [0.2, 0.25) is 0 Å². The summed E-state index contributed by atoms with van der Waals surface area (Å²) >= 11 is 0. The molecule has 0 aliphatic heterocycles. The molecule has 1 aromatic heterocycles. The number of aromatic nitrogens is 2. The molecule has 1 unspecified atom stereocenters. The van der Waals surface area contributed by atoms with Gasteiger partial charge < -0.3 is 5.11 Å². The van der Waals surface area contributed by atoms with E-state index in [4.69, 9.17) is 5.10 Å². The van der Waals surface area contributed by atoms with Crippen molar-refractivity contribution in [3.63, 3.8) is 0 Å². The second-order valence-electron chi connectivity index (χ2n) is 5.30. The number of nitrogens with zero attached hydrogens (tertiary/aromatic N) is 2. The summed E-state index contributed by atoms with van der Waals surface area (Å²) in [4.78, 5) is 0. The zero-order valence-corrected chi connectivity index (χ0v) is 13.2. The number of hydrogen-bond donors (Lipinski definition) is 1. The minimum Gasteiger partial charge on any atom is -0.388 e. The normalized spacial score (nSPS) is 13.2. The van der Waals surface area contributed by atoms with Crippen molar-refractivity contribution in [3.8, 4) is 0 Å². The fraction of sp³-hybridized carbons (Fsp3) is 0.812. The standard InChI is InChI=1S/C16H30N2O/c1-6-12(7-2)11-18-14(9-4)16(15(19)10-5)13(8-3)17-18/h12,15,19H,6-11H2,1-5H3. The van der Waals surface area contributed by atoms with Crippen LogP contribution in [0.15, 0.2) is 0 Å². The zero-order valence-electron chi connectivity index (χ0n) is 13.2. The molecule has 0 fully saturated rings. The summed E-state index contributed by atoms with van der Waals surface area (Å²) in [6.45, 7) is 11.8. The molecule has 0 saturated heterocycles. The summed E-state index contributed by atoms with van der Waals surface area (Å²) in [5.74, 6) is 0.682. The predicted molar refractivity (Wildman–Crippen MR) is 80.3 cm³/mol. The largest absolute Gasteiger partial charge is 0.388 e. The quantitative estimate of drug-likeness (QED) is 0.775. The summed E-state index contributed by atoms with van der Waals surface area (Å²) in [6, 6.07) is 0. The molecule has 3 nitrogen and oxygen atoms in total. The molecule has 19 heavy (non-hydrogen) atoms. The van der Waals surface area contributed by atoms with Crippen molar-refractivity contribution in [2.24, 2.45) is 5.92 Å². The number of hydrogen-bond acceptors (Lipinski definition) is 2. The topological polar surface area (TPSA) is 38.0 Å². The van der Waals surface area contributed by atoms with Crippen LogP contribution >= 0.6 is 0 Å². The Kier molecular flexibility index (Phi) is 6.56. The third-order valence-electron chi connectivity index (χ3n) is 4.15. The first-order valence-corrected chi connectivity index (χ1v) is 7.89. The van der Waals surface area contributed by atoms with E-state index < -0.39 is 0 Å². The third kappa shape index (κ3) is 3.59. The van der Waals surface area contributed by atoms with Gasteiger partial charge in [-0.2, -0.15) is 5.10 Å². The van der Waals surface area contributed by atoms with E-state index in [0.717, 1.165) is 37.1 Å². The Labute approximate surface area is 118 Å². The van der Waals surface area contributed by atoms with Crippen LogP contribution in [-0.2, 0) is 19.4 Å². The van der Waals surface area contributed by atoms with E-state index in [9.17, 15) is 5.11 Å². The fourth-order valence-electron chi connectivity index (χ4n) is 2.73. The SMILES string of the molecule is CCc1nn(CC(CC)CC)c(CC)c1C(O)CC. The number of aliphatic hydroxyl groups is 1. The van der Waals surface area contributed by atoms with Crippen molar-refractivity contribution in [1.29, 1.82) is 0 Å². The van der Waals surface area contributed by atoms with E-state index >= 15 is 0 Å². The van der Waals surface area contributed by atoms with Crippen LogP contribution in [0.4, 0.5) is 0 Å². The summed E-state index contributed by atoms with van der Waals surface area (Å²) in [7, 11) is 0. The molecule has 0 aliphatic carbocycles. The molecule has 0 radical (unpaired) electrons. The van der Waals surface area contributed by atoms with Crippen molar-refractivity contribution < 1.29 is 5.11 Å². The van der Waals surface area contributed by atoms with Crippen molar-refractivity contribution in [1.82, 2.24) is 9.78 Å². The maximum absolute atomic E-state index is 10.3. The molecule has 110 valence electrons. The van der Waals surface area contributed by atoms with Gasteiger partial charge in [-0.05, 0) is 25.2 Å². The predicted octanol–water partition coefficient (Wildman–Crippen LogP) is 3.89. The Morgan fingerprint density at radius 1 is 1.00 bits per heavy atom. The summed E-state index contributed by atoms with van der Waals surface area (Å²) in [6.07, 6.45) is 4.62. The molecule has 0 spiro atoms. The van der Waals surface area contributed by atoms with Gasteiger partial charge in [0, 0.05) is 17.8 Å². The van der Waals surface area contributed by atoms with Crippen molar-refractivity contribution in [2.75, 3.05) is 0 Å². The smallest absolute Gasteiger partial charge is 0.0823 e. The minimum atomic E-state index is -0.361. The van der Waals surface area contributed by atoms with Gasteiger partial charge in [-0.3, -0.25) is 4.68 Å². The number of aryl methyl sites for hydroxylation is 1. The summed E-state index contributed by atoms with van der Waals surface area (Å²) < 4.78 is 2.16. The maximum atomic E-state index is 10.3. The van der Waals surface area contributed by atoms with E-state index in [0.29, 0.717) is 5.92 Å². The lowest BCUT2D eigenvalue weighted by Gasteiger charge is -2.16. The molecule has 0 aliphatic rings. The van der Waals surface area contributed by atoms with Crippen LogP contribution in [0.1, 0.15) is 76.9 Å². The lowest BCUT2D eigenvalue weighted by atomic mass is 10.0. The van der Waals surface area contributed by atoms with E-state index in [1.807, 2.05) is 6.92 Å². The number of rotatable bonds is 8. The van der Waals surface area contributed by atoms with Crippen LogP contribution in [0.2, 0.25) is 0 Å². The second kappa shape index (κ2) is 7.68. The molecule has 3 heteroatoms. The zero-order chi connectivity index (χ0) is 14.4. The highest BCUT2D eigenvalue weighted by atomic mass is 16.3. The molecule has 1 heterocycles. The van der Waals surface area contributed by atoms with Crippen LogP contribution in [0.3, 0.4) is 0 Å². The summed E-state index contributed by atoms with van der Waals surface area (Å²) in [5, 5.41) is 15.0. The van der Waals surface area contributed by atoms with Crippen molar-refractivity contribution in [2.45, 2.75) is 79.4 Å². The van der Waals surface area contributed by atoms with Crippen LogP contribution in [0, 0.1) is 5.92 Å². The molecule has 0 aromatic carbocycles. The molecule has 0 bridgehead atoms. The lowest BCUT2D eigenvalue weighted by Crippen LogP contribution is -2.14. The monoisotopic (exact) mass is 266 g/mol. The summed E-state index contributed by atoms with van der Waals surface area (Å²) in [5.41, 5.74) is 3.41. The van der Waals surface area contributed by atoms with Gasteiger partial charge in [-0.15, -0.1) is 0 Å². The fourth-order valence-corrected chi connectivity index (χ4v) is 2.73. The Hall–Kier alpha value is -0.830. The molecule has 0 saturated carbocycles. The molecule has 1 atom stereocenters. The van der Waals surface area contributed by atoms with E-state index in [1.54, 1.807) is 0 Å². The highest BCUT2D eigenvalue weighted by Crippen LogP contribution is 2.27. The van der Waals surface area contributed by atoms with Crippen LogP contribution in [0.25, 0.3) is 0 Å². The maximum Gasteiger partial charge on any atom is 0.0823 e. The first-order valence-electron chi connectivity index (χ1n) is 7.89. The Balaban J connectivity index is 3.14. The highest BCUT2D eigenvalue weighted by Gasteiger charge is 2.21. The van der Waals surface area contributed by atoms with Crippen LogP contribution in [0.5, 0.6) is 0 Å². The lowest BCUT2D eigenvalue weighted by molar-refractivity contribution is 0.171. The average Bonchev–Trinajstić information content (AvgIpc) is 2.81. The van der Waals surface area contributed by atoms with Gasteiger partial charge in [0.25, 0.3) is 0 Å². The molecule has 1 rings (SSSR count). The van der Waals surface area contributed by atoms with Gasteiger partial charge in [0.05, 0.1) is 11.8 Å². The molecular weight excluding hydrogens is 236 g/mol. The Morgan fingerprint density at radius 2 is 1.63 bits per heavy atom. The first-order chi connectivity index (χ1) is 9.12. The molecule has 1 N–H and O–H groups in total. The molecule has 0 amide bonds. The second-order valence-corrected chi connectivity index (χ2v) is 5.30. The first kappa shape index (κ1) is 16.2.